The summed E-state index contributed by atoms with van der Waals surface area (Å²) in [5.74, 6) is 1.21. The second-order valence-corrected chi connectivity index (χ2v) is 15.3. The van der Waals surface area contributed by atoms with E-state index in [-0.39, 0.29) is 5.92 Å². The van der Waals surface area contributed by atoms with Crippen molar-refractivity contribution in [2.24, 2.45) is 0 Å². The summed E-state index contributed by atoms with van der Waals surface area (Å²) in [5, 5.41) is 11.6. The van der Waals surface area contributed by atoms with E-state index in [2.05, 4.69) is 116 Å². The highest BCUT2D eigenvalue weighted by atomic mass is 14.7. The number of fused-ring (bicyclic) bond motifs is 6. The highest BCUT2D eigenvalue weighted by Gasteiger charge is 2.26. The fourth-order valence-corrected chi connectivity index (χ4v) is 10.1. The lowest BCUT2D eigenvalue weighted by Crippen LogP contribution is -2.08. The van der Waals surface area contributed by atoms with Crippen LogP contribution < -0.4 is 0 Å². The molecule has 2 aliphatic rings. The highest BCUT2D eigenvalue weighted by molar-refractivity contribution is 6.40. The lowest BCUT2D eigenvalue weighted by molar-refractivity contribution is 0.443. The monoisotopic (exact) mass is 660 g/mol. The van der Waals surface area contributed by atoms with Gasteiger partial charge in [-0.2, -0.15) is 0 Å². The van der Waals surface area contributed by atoms with E-state index >= 15 is 0 Å². The molecule has 0 amide bonds. The van der Waals surface area contributed by atoms with Crippen LogP contribution in [0.15, 0.2) is 122 Å². The Kier molecular flexibility index (Phi) is 7.59. The SMILES string of the molecule is C=CC(c1cc(C2CCCCC2)ccc1-c1ccc(C2CCCCC2)cn1)c1ccc2c3ccccc3c3cccc4c5cccnc5c1c2c34. The quantitative estimate of drug-likeness (QED) is 0.101. The molecule has 0 aliphatic heterocycles. The number of benzene rings is 6. The van der Waals surface area contributed by atoms with Gasteiger partial charge in [-0.1, -0.05) is 130 Å². The molecule has 2 aliphatic carbocycles. The molecule has 2 heterocycles. The van der Waals surface area contributed by atoms with Crippen LogP contribution in [0.4, 0.5) is 0 Å². The number of nitrogens with zero attached hydrogens (tertiary/aromatic N) is 2. The van der Waals surface area contributed by atoms with E-state index < -0.39 is 0 Å². The van der Waals surface area contributed by atoms with Crippen molar-refractivity contribution in [2.75, 3.05) is 0 Å². The first-order valence-corrected chi connectivity index (χ1v) is 19.4. The number of allylic oxidation sites excluding steroid dienone is 1. The third kappa shape index (κ3) is 4.98. The number of pyridine rings is 2. The minimum absolute atomic E-state index is 0.0376. The molecule has 2 heteroatoms. The molecular weight excluding hydrogens is 617 g/mol. The van der Waals surface area contributed by atoms with Crippen LogP contribution in [-0.2, 0) is 0 Å². The molecule has 0 saturated heterocycles. The van der Waals surface area contributed by atoms with Crippen LogP contribution in [0.2, 0.25) is 0 Å². The Morgan fingerprint density at radius 3 is 1.88 bits per heavy atom. The van der Waals surface area contributed by atoms with Crippen molar-refractivity contribution in [2.45, 2.75) is 82.0 Å². The molecule has 10 rings (SSSR count). The fourth-order valence-electron chi connectivity index (χ4n) is 10.1. The van der Waals surface area contributed by atoms with Crippen molar-refractivity contribution in [3.63, 3.8) is 0 Å². The predicted molar refractivity (Wildman–Crippen MR) is 216 cm³/mol. The molecule has 1 unspecified atom stereocenters. The summed E-state index contributed by atoms with van der Waals surface area (Å²) >= 11 is 0. The summed E-state index contributed by atoms with van der Waals surface area (Å²) in [6.07, 6.45) is 19.4. The van der Waals surface area contributed by atoms with E-state index in [0.717, 1.165) is 11.2 Å². The second-order valence-electron chi connectivity index (χ2n) is 15.3. The van der Waals surface area contributed by atoms with Crippen LogP contribution in [0.25, 0.3) is 65.3 Å². The van der Waals surface area contributed by atoms with Gasteiger partial charge in [-0.05, 0) is 104 Å². The van der Waals surface area contributed by atoms with Crippen molar-refractivity contribution in [1.29, 1.82) is 0 Å². The van der Waals surface area contributed by atoms with Gasteiger partial charge in [-0.25, -0.2) is 0 Å². The predicted octanol–water partition coefficient (Wildman–Crippen LogP) is 13.8. The van der Waals surface area contributed by atoms with Crippen molar-refractivity contribution in [1.82, 2.24) is 9.97 Å². The molecule has 2 saturated carbocycles. The molecular formula is C49H44N2. The Hall–Kier alpha value is -5.08. The summed E-state index contributed by atoms with van der Waals surface area (Å²) in [7, 11) is 0. The van der Waals surface area contributed by atoms with Gasteiger partial charge in [-0.3, -0.25) is 9.97 Å². The number of rotatable bonds is 6. The third-order valence-electron chi connectivity index (χ3n) is 12.6. The van der Waals surface area contributed by atoms with Crippen LogP contribution in [0.5, 0.6) is 0 Å². The molecule has 6 aromatic carbocycles. The first kappa shape index (κ1) is 30.7. The van der Waals surface area contributed by atoms with Gasteiger partial charge >= 0.3 is 0 Å². The Labute approximate surface area is 300 Å². The Morgan fingerprint density at radius 1 is 0.529 bits per heavy atom. The van der Waals surface area contributed by atoms with E-state index in [4.69, 9.17) is 9.97 Å². The minimum atomic E-state index is -0.0376. The number of hydrogen-bond acceptors (Lipinski definition) is 2. The van der Waals surface area contributed by atoms with Gasteiger partial charge in [-0.15, -0.1) is 6.58 Å². The molecule has 8 aromatic rings. The Bertz CT molecular complexity index is 2550. The van der Waals surface area contributed by atoms with Crippen LogP contribution in [0.1, 0.15) is 104 Å². The maximum atomic E-state index is 5.20. The summed E-state index contributed by atoms with van der Waals surface area (Å²) in [6.45, 7) is 4.56. The zero-order valence-corrected chi connectivity index (χ0v) is 29.4. The fraction of sp³-hybridized carbons (Fsp3) is 0.265. The number of aromatic nitrogens is 2. The lowest BCUT2D eigenvalue weighted by atomic mass is 9.78. The van der Waals surface area contributed by atoms with Crippen molar-refractivity contribution in [3.8, 4) is 11.3 Å². The van der Waals surface area contributed by atoms with Gasteiger partial charge in [0.25, 0.3) is 0 Å². The van der Waals surface area contributed by atoms with Crippen molar-refractivity contribution >= 4 is 54.0 Å². The zero-order valence-electron chi connectivity index (χ0n) is 29.4. The highest BCUT2D eigenvalue weighted by Crippen LogP contribution is 2.48. The summed E-state index contributed by atoms with van der Waals surface area (Å²) < 4.78 is 0. The average molecular weight is 661 g/mol. The molecule has 0 radical (unpaired) electrons. The van der Waals surface area contributed by atoms with Gasteiger partial charge in [0.2, 0.25) is 0 Å². The van der Waals surface area contributed by atoms with Crippen LogP contribution >= 0.6 is 0 Å². The van der Waals surface area contributed by atoms with Gasteiger partial charge in [0.1, 0.15) is 0 Å². The molecule has 0 bridgehead atoms. The van der Waals surface area contributed by atoms with E-state index in [1.54, 1.807) is 0 Å². The lowest BCUT2D eigenvalue weighted by Gasteiger charge is -2.27. The molecule has 1 atom stereocenters. The van der Waals surface area contributed by atoms with E-state index in [0.29, 0.717) is 11.8 Å². The normalized spacial score (nSPS) is 16.9. The van der Waals surface area contributed by atoms with Gasteiger partial charge in [0.15, 0.2) is 0 Å². The molecule has 0 N–H and O–H groups in total. The van der Waals surface area contributed by atoms with Crippen molar-refractivity contribution < 1.29 is 0 Å². The summed E-state index contributed by atoms with van der Waals surface area (Å²) in [5.41, 5.74) is 8.77. The number of hydrogen-bond donors (Lipinski definition) is 0. The summed E-state index contributed by atoms with van der Waals surface area (Å²) in [6, 6.07) is 36.8. The second kappa shape index (κ2) is 12.6. The summed E-state index contributed by atoms with van der Waals surface area (Å²) in [4.78, 5) is 10.4. The Balaban J connectivity index is 1.24. The van der Waals surface area contributed by atoms with E-state index in [1.165, 1.54) is 141 Å². The molecule has 2 aromatic heterocycles. The van der Waals surface area contributed by atoms with Crippen molar-refractivity contribution in [3.05, 3.63) is 144 Å². The smallest absolute Gasteiger partial charge is 0.0790 e. The molecule has 0 spiro atoms. The Morgan fingerprint density at radius 2 is 1.18 bits per heavy atom. The maximum Gasteiger partial charge on any atom is 0.0790 e. The van der Waals surface area contributed by atoms with E-state index in [1.807, 2.05) is 6.20 Å². The van der Waals surface area contributed by atoms with Crippen LogP contribution in [0, 0.1) is 0 Å². The topological polar surface area (TPSA) is 25.8 Å². The van der Waals surface area contributed by atoms with Crippen LogP contribution in [0.3, 0.4) is 0 Å². The molecule has 2 fully saturated rings. The van der Waals surface area contributed by atoms with Crippen LogP contribution in [-0.4, -0.2) is 9.97 Å². The van der Waals surface area contributed by atoms with Gasteiger partial charge < -0.3 is 0 Å². The first-order chi connectivity index (χ1) is 25.3. The maximum absolute atomic E-state index is 5.20. The molecule has 250 valence electrons. The van der Waals surface area contributed by atoms with Gasteiger partial charge in [0.05, 0.1) is 11.2 Å². The minimum Gasteiger partial charge on any atom is -0.256 e. The standard InChI is InChI=1S/C49H44N2/c1-2-35(44-29-33(31-13-5-3-6-14-31)22-24-38(44)45-27-23-34(30-51-45)32-15-7-4-8-16-32)41-25-26-42-37-18-10-9-17-36(37)39-19-11-20-40-43-21-12-28-50-49(43)48(41)47(42)46(39)40/h2,9-12,17-32,35H,1,3-8,13-16H2. The van der Waals surface area contributed by atoms with Gasteiger partial charge in [0, 0.05) is 40.0 Å². The average Bonchev–Trinajstić information content (AvgIpc) is 3.21. The van der Waals surface area contributed by atoms with E-state index in [9.17, 15) is 0 Å². The third-order valence-corrected chi connectivity index (χ3v) is 12.6. The first-order valence-electron chi connectivity index (χ1n) is 19.4. The zero-order chi connectivity index (χ0) is 33.9. The largest absolute Gasteiger partial charge is 0.256 e. The molecule has 51 heavy (non-hydrogen) atoms. The molecule has 2 nitrogen and oxygen atoms in total.